The number of nitrogens with zero attached hydrogens (tertiary/aromatic N) is 2. The molecule has 6 nitrogen and oxygen atoms in total. The van der Waals surface area contributed by atoms with Crippen LogP contribution < -0.4 is 10.4 Å². The number of hydrogen-bond donors (Lipinski definition) is 1. The molecular formula is C13H18ClN3O3. The van der Waals surface area contributed by atoms with Gasteiger partial charge in [-0.25, -0.2) is 9.78 Å². The number of halogens is 1. The first-order chi connectivity index (χ1) is 9.10. The molecule has 1 rings (SSSR count). The highest BCUT2D eigenvalue weighted by Crippen LogP contribution is 2.21. The number of hydrogen-bond acceptors (Lipinski definition) is 5. The van der Waals surface area contributed by atoms with Crippen molar-refractivity contribution in [2.24, 2.45) is 0 Å². The maximum absolute atomic E-state index is 11.9. The van der Waals surface area contributed by atoms with Gasteiger partial charge in [-0.1, -0.05) is 11.6 Å². The summed E-state index contributed by atoms with van der Waals surface area (Å²) >= 11 is 5.98. The average Bonchev–Trinajstić information content (AvgIpc) is 2.25. The first kappa shape index (κ1) is 16.2. The zero-order valence-electron chi connectivity index (χ0n) is 12.2. The highest BCUT2D eigenvalue weighted by atomic mass is 35.5. The zero-order valence-corrected chi connectivity index (χ0v) is 12.9. The number of carbonyl (C=O) groups excluding carboxylic acids is 2. The van der Waals surface area contributed by atoms with Crippen molar-refractivity contribution in [3.05, 3.63) is 22.8 Å². The minimum absolute atomic E-state index is 0.0222. The highest BCUT2D eigenvalue weighted by Gasteiger charge is 2.21. The molecule has 0 unspecified atom stereocenters. The van der Waals surface area contributed by atoms with Crippen molar-refractivity contribution in [2.75, 3.05) is 12.1 Å². The van der Waals surface area contributed by atoms with Gasteiger partial charge in [0.25, 0.3) is 0 Å². The number of rotatable bonds is 3. The Morgan fingerprint density at radius 2 is 1.95 bits per heavy atom. The number of carbonyl (C=O) groups is 2. The molecule has 110 valence electrons. The second kappa shape index (κ2) is 6.09. The van der Waals surface area contributed by atoms with Crippen LogP contribution in [0.3, 0.4) is 0 Å². The van der Waals surface area contributed by atoms with Crippen LogP contribution in [-0.2, 0) is 9.53 Å². The molecular weight excluding hydrogens is 282 g/mol. The Morgan fingerprint density at radius 1 is 1.35 bits per heavy atom. The van der Waals surface area contributed by atoms with E-state index in [1.54, 1.807) is 33.9 Å². The van der Waals surface area contributed by atoms with E-state index in [4.69, 9.17) is 16.3 Å². The van der Waals surface area contributed by atoms with E-state index < -0.39 is 11.6 Å². The molecule has 1 aromatic rings. The average molecular weight is 300 g/mol. The van der Waals surface area contributed by atoms with Crippen molar-refractivity contribution in [1.82, 2.24) is 10.4 Å². The van der Waals surface area contributed by atoms with E-state index in [1.807, 2.05) is 0 Å². The van der Waals surface area contributed by atoms with Crippen LogP contribution in [0.15, 0.2) is 12.1 Å². The Labute approximate surface area is 123 Å². The van der Waals surface area contributed by atoms with Crippen LogP contribution in [0.1, 0.15) is 38.1 Å². The predicted octanol–water partition coefficient (Wildman–Crippen LogP) is 2.18. The van der Waals surface area contributed by atoms with Crippen molar-refractivity contribution in [2.45, 2.75) is 33.3 Å². The van der Waals surface area contributed by atoms with Crippen LogP contribution in [0.2, 0.25) is 5.15 Å². The molecule has 0 saturated heterocycles. The standard InChI is InChI=1S/C13H18ClN3O3/c1-8(18)16-17(5)10-7-6-9(11(14)15-10)12(19)20-13(2,3)4/h6-7H,1-5H3,(H,16,18). The summed E-state index contributed by atoms with van der Waals surface area (Å²) in [6.07, 6.45) is 0. The van der Waals surface area contributed by atoms with E-state index in [1.165, 1.54) is 18.0 Å². The fraction of sp³-hybridized carbons (Fsp3) is 0.462. The van der Waals surface area contributed by atoms with Crippen LogP contribution in [0.4, 0.5) is 5.82 Å². The lowest BCUT2D eigenvalue weighted by atomic mass is 10.2. The molecule has 0 aliphatic carbocycles. The first-order valence-corrected chi connectivity index (χ1v) is 6.39. The minimum Gasteiger partial charge on any atom is -0.456 e. The van der Waals surface area contributed by atoms with E-state index in [9.17, 15) is 9.59 Å². The molecule has 0 bridgehead atoms. The summed E-state index contributed by atoms with van der Waals surface area (Å²) in [5, 5.41) is 1.43. The van der Waals surface area contributed by atoms with Crippen molar-refractivity contribution in [3.8, 4) is 0 Å². The number of pyridine rings is 1. The lowest BCUT2D eigenvalue weighted by Gasteiger charge is -2.21. The molecule has 7 heteroatoms. The van der Waals surface area contributed by atoms with Crippen molar-refractivity contribution >= 4 is 29.3 Å². The van der Waals surface area contributed by atoms with E-state index in [-0.39, 0.29) is 16.6 Å². The molecule has 1 amide bonds. The van der Waals surface area contributed by atoms with E-state index in [2.05, 4.69) is 10.4 Å². The van der Waals surface area contributed by atoms with Crippen LogP contribution in [0.5, 0.6) is 0 Å². The normalized spacial score (nSPS) is 10.9. The molecule has 0 aliphatic heterocycles. The highest BCUT2D eigenvalue weighted by molar-refractivity contribution is 6.32. The second-order valence-corrected chi connectivity index (χ2v) is 5.59. The van der Waals surface area contributed by atoms with Crippen LogP contribution >= 0.6 is 11.6 Å². The lowest BCUT2D eigenvalue weighted by Crippen LogP contribution is -2.38. The minimum atomic E-state index is -0.605. The van der Waals surface area contributed by atoms with Gasteiger partial charge in [0.1, 0.15) is 16.6 Å². The van der Waals surface area contributed by atoms with Gasteiger partial charge < -0.3 is 4.74 Å². The van der Waals surface area contributed by atoms with Gasteiger partial charge in [0.05, 0.1) is 5.56 Å². The Hall–Kier alpha value is -1.82. The Kier molecular flexibility index (Phi) is 4.94. The largest absolute Gasteiger partial charge is 0.456 e. The van der Waals surface area contributed by atoms with Gasteiger partial charge in [-0.15, -0.1) is 0 Å². The Bertz CT molecular complexity index is 526. The Morgan fingerprint density at radius 3 is 2.40 bits per heavy atom. The molecule has 1 heterocycles. The SMILES string of the molecule is CC(=O)NN(C)c1ccc(C(=O)OC(C)(C)C)c(Cl)n1. The fourth-order valence-electron chi connectivity index (χ4n) is 1.39. The van der Waals surface area contributed by atoms with Crippen molar-refractivity contribution in [1.29, 1.82) is 0 Å². The lowest BCUT2D eigenvalue weighted by molar-refractivity contribution is -0.119. The summed E-state index contributed by atoms with van der Waals surface area (Å²) < 4.78 is 5.22. The summed E-state index contributed by atoms with van der Waals surface area (Å²) in [7, 11) is 1.62. The number of nitrogens with one attached hydrogen (secondary N) is 1. The maximum Gasteiger partial charge on any atom is 0.341 e. The van der Waals surface area contributed by atoms with Gasteiger partial charge in [0, 0.05) is 14.0 Å². The summed E-state index contributed by atoms with van der Waals surface area (Å²) in [4.78, 5) is 26.9. The third-order valence-electron chi connectivity index (χ3n) is 2.12. The molecule has 0 radical (unpaired) electrons. The molecule has 0 spiro atoms. The van der Waals surface area contributed by atoms with E-state index in [0.717, 1.165) is 0 Å². The van der Waals surface area contributed by atoms with Crippen LogP contribution in [0.25, 0.3) is 0 Å². The number of hydrazine groups is 1. The Balaban J connectivity index is 2.93. The second-order valence-electron chi connectivity index (χ2n) is 5.24. The topological polar surface area (TPSA) is 71.5 Å². The number of esters is 1. The smallest absolute Gasteiger partial charge is 0.341 e. The number of ether oxygens (including phenoxy) is 1. The molecule has 0 saturated carbocycles. The molecule has 0 aliphatic rings. The summed E-state index contributed by atoms with van der Waals surface area (Å²) in [5.41, 5.74) is 2.11. The van der Waals surface area contributed by atoms with Crippen LogP contribution in [0, 0.1) is 0 Å². The zero-order chi connectivity index (χ0) is 15.5. The number of aromatic nitrogens is 1. The molecule has 1 aromatic heterocycles. The van der Waals surface area contributed by atoms with Gasteiger partial charge in [-0.05, 0) is 32.9 Å². The third kappa shape index (κ3) is 4.70. The maximum atomic E-state index is 11.9. The van der Waals surface area contributed by atoms with Crippen LogP contribution in [-0.4, -0.2) is 29.5 Å². The van der Waals surface area contributed by atoms with Gasteiger partial charge in [-0.2, -0.15) is 0 Å². The first-order valence-electron chi connectivity index (χ1n) is 6.01. The van der Waals surface area contributed by atoms with Crippen molar-refractivity contribution in [3.63, 3.8) is 0 Å². The van der Waals surface area contributed by atoms with Gasteiger partial charge in [0.2, 0.25) is 5.91 Å². The molecule has 0 fully saturated rings. The van der Waals surface area contributed by atoms with E-state index in [0.29, 0.717) is 5.82 Å². The summed E-state index contributed by atoms with van der Waals surface area (Å²) in [5.74, 6) is -0.358. The number of anilines is 1. The molecule has 20 heavy (non-hydrogen) atoms. The summed E-state index contributed by atoms with van der Waals surface area (Å²) in [6, 6.07) is 3.08. The monoisotopic (exact) mass is 299 g/mol. The third-order valence-corrected chi connectivity index (χ3v) is 2.41. The van der Waals surface area contributed by atoms with E-state index >= 15 is 0 Å². The quantitative estimate of drug-likeness (QED) is 0.526. The fourth-order valence-corrected chi connectivity index (χ4v) is 1.62. The molecule has 1 N–H and O–H groups in total. The molecule has 0 aromatic carbocycles. The predicted molar refractivity (Wildman–Crippen MR) is 76.6 cm³/mol. The van der Waals surface area contributed by atoms with Gasteiger partial charge >= 0.3 is 5.97 Å². The van der Waals surface area contributed by atoms with Crippen molar-refractivity contribution < 1.29 is 14.3 Å². The molecule has 0 atom stereocenters. The summed E-state index contributed by atoms with van der Waals surface area (Å²) in [6.45, 7) is 6.69. The van der Waals surface area contributed by atoms with Gasteiger partial charge in [-0.3, -0.25) is 15.2 Å². The number of amides is 1. The van der Waals surface area contributed by atoms with Gasteiger partial charge in [0.15, 0.2) is 0 Å².